The molecule has 0 saturated heterocycles. The Morgan fingerprint density at radius 1 is 0.750 bits per heavy atom. The van der Waals surface area contributed by atoms with Gasteiger partial charge in [0.05, 0.1) is 18.6 Å². The van der Waals surface area contributed by atoms with Gasteiger partial charge < -0.3 is 25.7 Å². The first-order valence-corrected chi connectivity index (χ1v) is 19.1. The van der Waals surface area contributed by atoms with Crippen molar-refractivity contribution < 1.29 is 39.6 Å². The lowest BCUT2D eigenvalue weighted by Crippen LogP contribution is -2.52. The maximum absolute atomic E-state index is 13.7. The number of Topliss-reactive ketones (excluding diaryl/α,β-unsaturated/α-hetero) is 1. The summed E-state index contributed by atoms with van der Waals surface area (Å²) in [7, 11) is 0. The molecule has 2 aliphatic rings. The van der Waals surface area contributed by atoms with E-state index in [1.165, 1.54) is 13.8 Å². The summed E-state index contributed by atoms with van der Waals surface area (Å²) in [4.78, 5) is 59.6. The number of aromatic nitrogens is 2. The number of aryl methyl sites for hydroxylation is 1. The average molecular weight is 763 g/mol. The summed E-state index contributed by atoms with van der Waals surface area (Å²) in [6.07, 6.45) is 8.04. The summed E-state index contributed by atoms with van der Waals surface area (Å²) >= 11 is 0. The van der Waals surface area contributed by atoms with Crippen molar-refractivity contribution in [2.24, 2.45) is 5.41 Å². The van der Waals surface area contributed by atoms with Crippen LogP contribution < -0.4 is 10.6 Å². The number of carbonyl (C=O) groups is 4. The predicted octanol–water partition coefficient (Wildman–Crippen LogP) is 6.13. The van der Waals surface area contributed by atoms with Crippen LogP contribution in [0.15, 0.2) is 60.9 Å². The zero-order chi connectivity index (χ0) is 40.4. The van der Waals surface area contributed by atoms with E-state index in [9.17, 15) is 39.6 Å². The molecule has 2 atom stereocenters. The van der Waals surface area contributed by atoms with Crippen LogP contribution in [0.3, 0.4) is 0 Å². The molecule has 12 nitrogen and oxygen atoms in total. The lowest BCUT2D eigenvalue weighted by Gasteiger charge is -2.24. The van der Waals surface area contributed by atoms with Gasteiger partial charge in [-0.2, -0.15) is 0 Å². The molecule has 294 valence electrons. The number of nitrogens with one attached hydrogen (secondary N) is 2. The number of carboxylic acid groups (broad SMARTS) is 2. The molecule has 0 bridgehead atoms. The highest BCUT2D eigenvalue weighted by Crippen LogP contribution is 2.43. The van der Waals surface area contributed by atoms with Crippen LogP contribution in [0.2, 0.25) is 0 Å². The van der Waals surface area contributed by atoms with Crippen molar-refractivity contribution in [1.29, 1.82) is 0 Å². The van der Waals surface area contributed by atoms with Gasteiger partial charge in [-0.15, -0.1) is 0 Å². The number of carbonyl (C=O) groups excluding carboxylic acids is 2. The van der Waals surface area contributed by atoms with Gasteiger partial charge in [0.15, 0.2) is 5.78 Å². The highest BCUT2D eigenvalue weighted by Gasteiger charge is 2.35. The van der Waals surface area contributed by atoms with Gasteiger partial charge in [-0.1, -0.05) is 30.3 Å². The Balaban J connectivity index is 1.18. The van der Waals surface area contributed by atoms with Crippen molar-refractivity contribution in [2.45, 2.75) is 96.6 Å². The van der Waals surface area contributed by atoms with Crippen LogP contribution in [-0.4, -0.2) is 72.8 Å². The van der Waals surface area contributed by atoms with Crippen molar-refractivity contribution in [3.8, 4) is 11.1 Å². The number of rotatable bonds is 18. The molecule has 6 rings (SSSR count). The number of hydrogen-bond acceptors (Lipinski definition) is 9. The fourth-order valence-electron chi connectivity index (χ4n) is 7.01. The van der Waals surface area contributed by atoms with E-state index >= 15 is 0 Å². The lowest BCUT2D eigenvalue weighted by atomic mass is 9.84. The number of ketones is 1. The van der Waals surface area contributed by atoms with Crippen LogP contribution in [-0.2, 0) is 29.0 Å². The molecule has 0 unspecified atom stereocenters. The minimum atomic E-state index is -1.50. The number of benzene rings is 2. The number of pyridine rings is 2. The third-order valence-corrected chi connectivity index (χ3v) is 11.5. The van der Waals surface area contributed by atoms with Gasteiger partial charge in [-0.25, -0.2) is 0 Å². The topological polar surface area (TPSA) is 199 Å². The first-order valence-electron chi connectivity index (χ1n) is 19.1. The molecule has 2 fully saturated rings. The first kappa shape index (κ1) is 40.4. The monoisotopic (exact) mass is 762 g/mol. The van der Waals surface area contributed by atoms with Crippen LogP contribution >= 0.6 is 0 Å². The van der Waals surface area contributed by atoms with Crippen LogP contribution in [0.25, 0.3) is 11.1 Å². The van der Waals surface area contributed by atoms with E-state index in [1.54, 1.807) is 12.4 Å². The van der Waals surface area contributed by atoms with E-state index < -0.39 is 36.1 Å². The SMILES string of the molecule is Cc1c(CC(=O)c2cc(C3CC3)c(CN[C@](C)(CO)C(=O)O)cn2)cccc1-c1cccc(NC(=O)c2cc(C3CC3)c(CC[C@](C)(CO)C(=O)O)cn2)c1C. The van der Waals surface area contributed by atoms with Crippen molar-refractivity contribution in [2.75, 3.05) is 18.5 Å². The van der Waals surface area contributed by atoms with E-state index in [1.807, 2.05) is 62.4 Å². The lowest BCUT2D eigenvalue weighted by molar-refractivity contribution is -0.150. The molecule has 0 aliphatic heterocycles. The molecule has 0 radical (unpaired) electrons. The Bertz CT molecular complexity index is 2030. The van der Waals surface area contributed by atoms with Gasteiger partial charge in [0.1, 0.15) is 16.9 Å². The van der Waals surface area contributed by atoms with Gasteiger partial charge in [-0.3, -0.25) is 34.5 Å². The molecule has 2 heterocycles. The third-order valence-electron chi connectivity index (χ3n) is 11.5. The Morgan fingerprint density at radius 2 is 1.34 bits per heavy atom. The smallest absolute Gasteiger partial charge is 0.326 e. The Kier molecular flexibility index (Phi) is 11.8. The fourth-order valence-corrected chi connectivity index (χ4v) is 7.01. The van der Waals surface area contributed by atoms with Crippen LogP contribution in [0, 0.1) is 19.3 Å². The minimum Gasteiger partial charge on any atom is -0.481 e. The second-order valence-corrected chi connectivity index (χ2v) is 15.9. The minimum absolute atomic E-state index is 0.131. The van der Waals surface area contributed by atoms with Gasteiger partial charge in [0.2, 0.25) is 0 Å². The summed E-state index contributed by atoms with van der Waals surface area (Å²) in [6, 6.07) is 15.2. The van der Waals surface area contributed by atoms with Crippen LogP contribution in [0.4, 0.5) is 5.69 Å². The molecule has 0 spiro atoms. The Hall–Kier alpha value is -5.30. The number of aliphatic hydroxyl groups is 2. The molecule has 56 heavy (non-hydrogen) atoms. The summed E-state index contributed by atoms with van der Waals surface area (Å²) in [5, 5.41) is 44.5. The van der Waals surface area contributed by atoms with E-state index in [0.29, 0.717) is 23.7 Å². The average Bonchev–Trinajstić information content (AvgIpc) is 4.12. The zero-order valence-electron chi connectivity index (χ0n) is 32.3. The second-order valence-electron chi connectivity index (χ2n) is 15.9. The molecule has 6 N–H and O–H groups in total. The van der Waals surface area contributed by atoms with Gasteiger partial charge in [0.25, 0.3) is 5.91 Å². The summed E-state index contributed by atoms with van der Waals surface area (Å²) in [5.74, 6) is -2.12. The predicted molar refractivity (Wildman–Crippen MR) is 211 cm³/mol. The fraction of sp³-hybridized carbons (Fsp3) is 0.409. The van der Waals surface area contributed by atoms with E-state index in [2.05, 4.69) is 20.6 Å². The molecule has 2 aliphatic carbocycles. The van der Waals surface area contributed by atoms with Gasteiger partial charge in [0, 0.05) is 31.0 Å². The molecule has 2 aromatic heterocycles. The number of anilines is 1. The van der Waals surface area contributed by atoms with Crippen molar-refractivity contribution >= 4 is 29.3 Å². The Morgan fingerprint density at radius 3 is 1.95 bits per heavy atom. The number of hydrogen-bond donors (Lipinski definition) is 6. The zero-order valence-corrected chi connectivity index (χ0v) is 32.3. The molecule has 12 heteroatoms. The summed E-state index contributed by atoms with van der Waals surface area (Å²) < 4.78 is 0. The normalized spacial score (nSPS) is 16.1. The van der Waals surface area contributed by atoms with Crippen LogP contribution in [0.5, 0.6) is 0 Å². The number of aliphatic hydroxyl groups excluding tert-OH is 2. The quantitative estimate of drug-likeness (QED) is 0.0637. The van der Waals surface area contributed by atoms with E-state index in [0.717, 1.165) is 75.8 Å². The van der Waals surface area contributed by atoms with Gasteiger partial charge in [-0.05, 0) is 146 Å². The summed E-state index contributed by atoms with van der Waals surface area (Å²) in [5.41, 5.74) is 6.62. The largest absolute Gasteiger partial charge is 0.481 e. The molecule has 4 aromatic rings. The van der Waals surface area contributed by atoms with Gasteiger partial charge >= 0.3 is 11.9 Å². The van der Waals surface area contributed by atoms with E-state index in [4.69, 9.17) is 0 Å². The van der Waals surface area contributed by atoms with Crippen molar-refractivity contribution in [3.63, 3.8) is 0 Å². The number of carboxylic acids is 2. The molecular weight excluding hydrogens is 713 g/mol. The van der Waals surface area contributed by atoms with E-state index in [-0.39, 0.29) is 42.7 Å². The van der Waals surface area contributed by atoms with Crippen molar-refractivity contribution in [1.82, 2.24) is 15.3 Å². The second kappa shape index (κ2) is 16.4. The Labute approximate surface area is 326 Å². The number of amides is 1. The molecular formula is C44H50N4O8. The number of nitrogens with zero attached hydrogens (tertiary/aromatic N) is 2. The molecule has 2 aromatic carbocycles. The third kappa shape index (κ3) is 8.72. The van der Waals surface area contributed by atoms with Crippen molar-refractivity contribution in [3.05, 3.63) is 111 Å². The standard InChI is InChI=1S/C44H50N4O8/c1-25-29(17-39(51)37-18-35(28-13-14-28)31(21-45-37)22-47-44(4,24-50)42(55)56)7-5-8-32(25)33-9-6-10-36(26(33)2)48-40(52)38-19-34(27-11-12-27)30(20-46-38)15-16-43(3,23-49)41(53)54/h5-10,18-21,27-28,47,49-50H,11-17,22-24H2,1-4H3,(H,48,52)(H,53,54)(H,55,56)/t43-,44-/m1/s1. The molecule has 1 amide bonds. The maximum Gasteiger partial charge on any atom is 0.326 e. The maximum atomic E-state index is 13.7. The van der Waals surface area contributed by atoms with Crippen LogP contribution in [0.1, 0.15) is 118 Å². The highest BCUT2D eigenvalue weighted by atomic mass is 16.4. The number of aliphatic carboxylic acids is 2. The first-order chi connectivity index (χ1) is 26.7. The summed E-state index contributed by atoms with van der Waals surface area (Å²) in [6.45, 7) is 6.04. The molecule has 2 saturated carbocycles. The highest BCUT2D eigenvalue weighted by molar-refractivity contribution is 6.04.